The van der Waals surface area contributed by atoms with Crippen molar-refractivity contribution in [3.63, 3.8) is 0 Å². The number of nitrogens with zero attached hydrogens (tertiary/aromatic N) is 4. The lowest BCUT2D eigenvalue weighted by atomic mass is 9.95. The standard InChI is InChI=1S/C28H32F2N4O6/c1-5-20(35)7-6-19-12-21-18(14-31-19)16-34(26-24(29)22(38-2)13-23(39-3)25(26)30)27(36)33(21)15-17-8-10-32(11-9-17)28(37)40-4/h5,12-14,17H,1,6-11,15-16H2,2-4H3. The van der Waals surface area contributed by atoms with Gasteiger partial charge in [0.2, 0.25) is 0 Å². The third-order valence-corrected chi connectivity index (χ3v) is 7.26. The second-order valence-corrected chi connectivity index (χ2v) is 9.61. The molecule has 4 rings (SSSR count). The number of halogens is 2. The molecule has 0 bridgehead atoms. The number of pyridine rings is 1. The average molecular weight is 559 g/mol. The van der Waals surface area contributed by atoms with Gasteiger partial charge in [-0.15, -0.1) is 0 Å². The van der Waals surface area contributed by atoms with Crippen molar-refractivity contribution in [1.29, 1.82) is 0 Å². The monoisotopic (exact) mass is 558 g/mol. The number of hydrogen-bond acceptors (Lipinski definition) is 7. The molecule has 3 heterocycles. The molecule has 2 aromatic rings. The lowest BCUT2D eigenvalue weighted by Gasteiger charge is -2.40. The highest BCUT2D eigenvalue weighted by Gasteiger charge is 2.38. The lowest BCUT2D eigenvalue weighted by molar-refractivity contribution is -0.114. The van der Waals surface area contributed by atoms with Crippen molar-refractivity contribution in [2.24, 2.45) is 5.92 Å². The van der Waals surface area contributed by atoms with Crippen LogP contribution in [0.1, 0.15) is 30.5 Å². The van der Waals surface area contributed by atoms with E-state index in [9.17, 15) is 14.4 Å². The van der Waals surface area contributed by atoms with E-state index in [1.54, 1.807) is 17.2 Å². The number of ether oxygens (including phenoxy) is 3. The van der Waals surface area contributed by atoms with Crippen LogP contribution >= 0.6 is 0 Å². The van der Waals surface area contributed by atoms with E-state index in [0.29, 0.717) is 49.3 Å². The molecule has 1 aromatic heterocycles. The van der Waals surface area contributed by atoms with Crippen LogP contribution < -0.4 is 19.3 Å². The molecule has 10 nitrogen and oxygen atoms in total. The highest BCUT2D eigenvalue weighted by molar-refractivity contribution is 6.06. The summed E-state index contributed by atoms with van der Waals surface area (Å²) in [7, 11) is 3.80. The number of allylic oxidation sites excluding steroid dienone is 1. The van der Waals surface area contributed by atoms with Gasteiger partial charge in [0.05, 0.1) is 33.6 Å². The van der Waals surface area contributed by atoms with Gasteiger partial charge in [0.15, 0.2) is 28.9 Å². The van der Waals surface area contributed by atoms with Gasteiger partial charge >= 0.3 is 12.1 Å². The van der Waals surface area contributed by atoms with Crippen LogP contribution in [0.3, 0.4) is 0 Å². The normalized spacial score (nSPS) is 15.5. The van der Waals surface area contributed by atoms with Crippen LogP contribution in [0.2, 0.25) is 0 Å². The Kier molecular flexibility index (Phi) is 8.86. The van der Waals surface area contributed by atoms with Crippen molar-refractivity contribution in [3.8, 4) is 11.5 Å². The smallest absolute Gasteiger partial charge is 0.409 e. The molecule has 0 spiro atoms. The molecule has 2 aliphatic heterocycles. The predicted octanol–water partition coefficient (Wildman–Crippen LogP) is 4.49. The summed E-state index contributed by atoms with van der Waals surface area (Å²) >= 11 is 0. The maximum atomic E-state index is 15.5. The first kappa shape index (κ1) is 28.8. The summed E-state index contributed by atoms with van der Waals surface area (Å²) in [6, 6.07) is 2.20. The number of likely N-dealkylation sites (tertiary alicyclic amines) is 1. The van der Waals surface area contributed by atoms with Crippen LogP contribution in [0.4, 0.5) is 29.7 Å². The molecule has 0 N–H and O–H groups in total. The number of methoxy groups -OCH3 is 3. The van der Waals surface area contributed by atoms with Crippen molar-refractivity contribution < 1.29 is 37.4 Å². The molecule has 0 atom stereocenters. The Labute approximate surface area is 231 Å². The number of hydrogen-bond donors (Lipinski definition) is 0. The van der Waals surface area contributed by atoms with Gasteiger partial charge in [0.1, 0.15) is 5.69 Å². The summed E-state index contributed by atoms with van der Waals surface area (Å²) in [5.74, 6) is -2.73. The Morgan fingerprint density at radius 1 is 1.10 bits per heavy atom. The van der Waals surface area contributed by atoms with Gasteiger partial charge in [-0.1, -0.05) is 6.58 Å². The molecular weight excluding hydrogens is 526 g/mol. The van der Waals surface area contributed by atoms with E-state index in [1.807, 2.05) is 0 Å². The molecule has 1 saturated heterocycles. The minimum atomic E-state index is -1.03. The molecular formula is C28H32F2N4O6. The quantitative estimate of drug-likeness (QED) is 0.418. The number of urea groups is 1. The third kappa shape index (κ3) is 5.70. The molecule has 12 heteroatoms. The van der Waals surface area contributed by atoms with E-state index in [0.717, 1.165) is 11.0 Å². The molecule has 0 unspecified atom stereocenters. The number of amides is 3. The number of ketones is 1. The van der Waals surface area contributed by atoms with Crippen LogP contribution in [0.5, 0.6) is 11.5 Å². The fourth-order valence-electron chi connectivity index (χ4n) is 5.01. The molecule has 1 aromatic carbocycles. The third-order valence-electron chi connectivity index (χ3n) is 7.26. The number of benzene rings is 1. The van der Waals surface area contributed by atoms with Crippen LogP contribution in [0.15, 0.2) is 31.0 Å². The van der Waals surface area contributed by atoms with Gasteiger partial charge < -0.3 is 19.1 Å². The maximum Gasteiger partial charge on any atom is 0.409 e. The minimum Gasteiger partial charge on any atom is -0.493 e. The first-order valence-corrected chi connectivity index (χ1v) is 12.9. The van der Waals surface area contributed by atoms with E-state index in [-0.39, 0.29) is 42.7 Å². The van der Waals surface area contributed by atoms with Gasteiger partial charge in [0, 0.05) is 49.6 Å². The lowest BCUT2D eigenvalue weighted by Crippen LogP contribution is -2.51. The summed E-state index contributed by atoms with van der Waals surface area (Å²) in [5.41, 5.74) is 1.15. The highest BCUT2D eigenvalue weighted by atomic mass is 19.1. The molecule has 0 radical (unpaired) electrons. The summed E-state index contributed by atoms with van der Waals surface area (Å²) in [4.78, 5) is 46.2. The zero-order chi connectivity index (χ0) is 29.0. The zero-order valence-corrected chi connectivity index (χ0v) is 22.7. The van der Waals surface area contributed by atoms with Crippen LogP contribution in [0, 0.1) is 17.6 Å². The Balaban J connectivity index is 1.71. The fourth-order valence-corrected chi connectivity index (χ4v) is 5.01. The van der Waals surface area contributed by atoms with E-state index >= 15 is 8.78 Å². The number of aromatic nitrogens is 1. The SMILES string of the molecule is C=CC(=O)CCc1cc2c(cn1)CN(c1c(F)c(OC)cc(OC)c1F)C(=O)N2CC1CCN(C(=O)OC)CC1. The topological polar surface area (TPSA) is 102 Å². The Morgan fingerprint density at radius 2 is 1.75 bits per heavy atom. The number of aryl methyl sites for hydroxylation is 1. The summed E-state index contributed by atoms with van der Waals surface area (Å²) in [5, 5.41) is 0. The van der Waals surface area contributed by atoms with Gasteiger partial charge in [0.25, 0.3) is 0 Å². The van der Waals surface area contributed by atoms with E-state index in [1.165, 1.54) is 32.3 Å². The second kappa shape index (κ2) is 12.3. The van der Waals surface area contributed by atoms with Crippen molar-refractivity contribution in [1.82, 2.24) is 9.88 Å². The largest absolute Gasteiger partial charge is 0.493 e. The Morgan fingerprint density at radius 3 is 2.33 bits per heavy atom. The van der Waals surface area contributed by atoms with E-state index in [2.05, 4.69) is 11.6 Å². The van der Waals surface area contributed by atoms with E-state index in [4.69, 9.17) is 14.2 Å². The van der Waals surface area contributed by atoms with Crippen LogP contribution in [-0.4, -0.2) is 68.8 Å². The molecule has 3 amide bonds. The molecule has 2 aliphatic rings. The van der Waals surface area contributed by atoms with Crippen molar-refractivity contribution in [2.45, 2.75) is 32.2 Å². The van der Waals surface area contributed by atoms with Gasteiger partial charge in [-0.3, -0.25) is 19.6 Å². The highest BCUT2D eigenvalue weighted by Crippen LogP contribution is 2.41. The van der Waals surface area contributed by atoms with E-state index < -0.39 is 29.4 Å². The van der Waals surface area contributed by atoms with Crippen LogP contribution in [-0.2, 0) is 22.5 Å². The average Bonchev–Trinajstić information content (AvgIpc) is 2.97. The summed E-state index contributed by atoms with van der Waals surface area (Å²) in [6.45, 7) is 4.50. The number of carbonyl (C=O) groups excluding carboxylic acids is 3. The van der Waals surface area contributed by atoms with Crippen LogP contribution in [0.25, 0.3) is 0 Å². The Bertz CT molecular complexity index is 1280. The number of piperidine rings is 1. The fraction of sp³-hybridized carbons (Fsp3) is 0.429. The maximum absolute atomic E-state index is 15.5. The summed E-state index contributed by atoms with van der Waals surface area (Å²) < 4.78 is 45.9. The number of fused-ring (bicyclic) bond motifs is 1. The number of carbonyl (C=O) groups is 3. The zero-order valence-electron chi connectivity index (χ0n) is 22.7. The number of anilines is 2. The molecule has 214 valence electrons. The predicted molar refractivity (Wildman–Crippen MR) is 143 cm³/mol. The van der Waals surface area contributed by atoms with Crippen molar-refractivity contribution in [2.75, 3.05) is 50.8 Å². The minimum absolute atomic E-state index is 0.00570. The molecule has 1 fully saturated rings. The molecule has 0 saturated carbocycles. The van der Waals surface area contributed by atoms with Gasteiger partial charge in [-0.25, -0.2) is 18.4 Å². The first-order chi connectivity index (χ1) is 19.2. The summed E-state index contributed by atoms with van der Waals surface area (Å²) in [6.07, 6.45) is 4.16. The van der Waals surface area contributed by atoms with Crippen molar-refractivity contribution in [3.05, 3.63) is 53.9 Å². The Hall–Kier alpha value is -4.22. The first-order valence-electron chi connectivity index (χ1n) is 12.9. The number of rotatable bonds is 9. The van der Waals surface area contributed by atoms with Crippen molar-refractivity contribution >= 4 is 29.3 Å². The van der Waals surface area contributed by atoms with Gasteiger partial charge in [-0.05, 0) is 37.3 Å². The second-order valence-electron chi connectivity index (χ2n) is 9.61. The van der Waals surface area contributed by atoms with Gasteiger partial charge in [-0.2, -0.15) is 0 Å². The molecule has 0 aliphatic carbocycles. The molecule has 40 heavy (non-hydrogen) atoms.